The first-order chi connectivity index (χ1) is 12.3. The second-order valence-electron chi connectivity index (χ2n) is 5.48. The van der Waals surface area contributed by atoms with Crippen molar-refractivity contribution in [3.05, 3.63) is 56.8 Å². The van der Waals surface area contributed by atoms with Crippen LogP contribution in [0.5, 0.6) is 0 Å². The van der Waals surface area contributed by atoms with Crippen LogP contribution in [0.2, 0.25) is 10.0 Å². The fraction of sp³-hybridized carbons (Fsp3) is 0. The lowest BCUT2D eigenvalue weighted by Gasteiger charge is -2.08. The first-order valence-corrected chi connectivity index (χ1v) is 9.45. The first-order valence-electron chi connectivity index (χ1n) is 7.15. The Labute approximate surface area is 156 Å². The number of aromatic nitrogens is 4. The van der Waals surface area contributed by atoms with E-state index in [-0.39, 0.29) is 16.4 Å². The van der Waals surface area contributed by atoms with Crippen molar-refractivity contribution in [2.24, 2.45) is 5.14 Å². The van der Waals surface area contributed by atoms with E-state index in [1.807, 2.05) is 0 Å². The summed E-state index contributed by atoms with van der Waals surface area (Å²) in [7, 11) is -3.94. The van der Waals surface area contributed by atoms with E-state index < -0.39 is 15.6 Å². The highest BCUT2D eigenvalue weighted by molar-refractivity contribution is 7.89. The zero-order valence-corrected chi connectivity index (χ0v) is 15.1. The summed E-state index contributed by atoms with van der Waals surface area (Å²) in [6, 6.07) is 8.88. The van der Waals surface area contributed by atoms with Crippen molar-refractivity contribution in [2.45, 2.75) is 4.90 Å². The van der Waals surface area contributed by atoms with Crippen LogP contribution in [0.4, 0.5) is 0 Å². The molecule has 4 rings (SSSR count). The number of nitrogens with one attached hydrogen (secondary N) is 1. The molecule has 8 nitrogen and oxygen atoms in total. The predicted molar refractivity (Wildman–Crippen MR) is 97.9 cm³/mol. The Balaban J connectivity index is 2.17. The zero-order chi connectivity index (χ0) is 18.6. The molecule has 2 aromatic carbocycles. The minimum Gasteiger partial charge on any atom is -0.317 e. The third-order valence-corrected chi connectivity index (χ3v) is 5.28. The van der Waals surface area contributed by atoms with Gasteiger partial charge in [0.05, 0.1) is 21.0 Å². The Kier molecular flexibility index (Phi) is 3.77. The summed E-state index contributed by atoms with van der Waals surface area (Å²) < 4.78 is 24.8. The molecule has 0 saturated heterocycles. The van der Waals surface area contributed by atoms with Gasteiger partial charge in [-0.15, -0.1) is 10.2 Å². The largest absolute Gasteiger partial charge is 0.317 e. The second kappa shape index (κ2) is 5.78. The number of H-pyrrole nitrogens is 1. The molecule has 0 unspecified atom stereocenters. The van der Waals surface area contributed by atoms with Crippen molar-refractivity contribution >= 4 is 49.9 Å². The summed E-state index contributed by atoms with van der Waals surface area (Å²) >= 11 is 12.2. The number of halogens is 2. The number of nitrogens with two attached hydrogens (primary N) is 1. The van der Waals surface area contributed by atoms with Crippen molar-refractivity contribution in [3.8, 4) is 11.4 Å². The highest BCUT2D eigenvalue weighted by Crippen LogP contribution is 2.30. The fourth-order valence-electron chi connectivity index (χ4n) is 2.66. The Morgan fingerprint density at radius 3 is 2.54 bits per heavy atom. The maximum Gasteiger partial charge on any atom is 0.294 e. The van der Waals surface area contributed by atoms with E-state index in [0.717, 1.165) is 0 Å². The number of benzene rings is 2. The van der Waals surface area contributed by atoms with Gasteiger partial charge in [-0.05, 0) is 36.4 Å². The molecule has 0 radical (unpaired) electrons. The van der Waals surface area contributed by atoms with E-state index in [1.54, 1.807) is 12.1 Å². The highest BCUT2D eigenvalue weighted by atomic mass is 35.5. The number of nitrogens with zero attached hydrogens (tertiary/aromatic N) is 3. The molecule has 11 heteroatoms. The van der Waals surface area contributed by atoms with Gasteiger partial charge in [-0.2, -0.15) is 0 Å². The van der Waals surface area contributed by atoms with Gasteiger partial charge in [-0.3, -0.25) is 9.20 Å². The Morgan fingerprint density at radius 1 is 1.08 bits per heavy atom. The number of sulfonamides is 1. The summed E-state index contributed by atoms with van der Waals surface area (Å²) in [6.45, 7) is 0. The average molecular weight is 410 g/mol. The molecule has 2 heterocycles. The summed E-state index contributed by atoms with van der Waals surface area (Å²) in [5.74, 6) is 0.268. The standard InChI is InChI=1S/C15H9Cl2N5O3S/c16-7-1-3-9(10(17)5-7)13-20-21-14-15(23)19-11-4-2-8(26(18,24)25)6-12(11)22(13)14/h1-6H,(H,19,23)(H2,18,24,25). The van der Waals surface area contributed by atoms with Gasteiger partial charge in [0.1, 0.15) is 0 Å². The van der Waals surface area contributed by atoms with Gasteiger partial charge >= 0.3 is 0 Å². The van der Waals surface area contributed by atoms with Gasteiger partial charge in [0.25, 0.3) is 5.56 Å². The molecule has 0 aliphatic rings. The molecule has 0 fully saturated rings. The molecule has 0 atom stereocenters. The summed E-state index contributed by atoms with van der Waals surface area (Å²) in [5, 5.41) is 13.9. The fourth-order valence-corrected chi connectivity index (χ4v) is 3.69. The molecule has 0 spiro atoms. The van der Waals surface area contributed by atoms with Crippen molar-refractivity contribution in [1.82, 2.24) is 19.6 Å². The number of hydrogen-bond donors (Lipinski definition) is 2. The van der Waals surface area contributed by atoms with Crippen LogP contribution in [-0.4, -0.2) is 28.0 Å². The maximum absolute atomic E-state index is 12.3. The molecular formula is C15H9Cl2N5O3S. The van der Waals surface area contributed by atoms with E-state index in [1.165, 1.54) is 28.7 Å². The van der Waals surface area contributed by atoms with Gasteiger partial charge in [0.2, 0.25) is 15.7 Å². The van der Waals surface area contributed by atoms with Gasteiger partial charge < -0.3 is 4.98 Å². The third kappa shape index (κ3) is 2.65. The molecule has 3 N–H and O–H groups in total. The molecule has 132 valence electrons. The molecule has 0 bridgehead atoms. The molecule has 0 amide bonds. The van der Waals surface area contributed by atoms with E-state index in [4.69, 9.17) is 28.3 Å². The van der Waals surface area contributed by atoms with Crippen LogP contribution in [0.15, 0.2) is 46.1 Å². The maximum atomic E-state index is 12.3. The first kappa shape index (κ1) is 17.0. The molecular weight excluding hydrogens is 401 g/mol. The van der Waals surface area contributed by atoms with Crippen molar-refractivity contribution in [2.75, 3.05) is 0 Å². The van der Waals surface area contributed by atoms with E-state index in [0.29, 0.717) is 26.6 Å². The SMILES string of the molecule is NS(=O)(=O)c1ccc2[nH]c(=O)c3nnc(-c4ccc(Cl)cc4Cl)n3c2c1. The molecule has 26 heavy (non-hydrogen) atoms. The minimum atomic E-state index is -3.94. The molecule has 0 aliphatic heterocycles. The van der Waals surface area contributed by atoms with Gasteiger partial charge in [0.15, 0.2) is 5.82 Å². The van der Waals surface area contributed by atoms with Crippen molar-refractivity contribution in [1.29, 1.82) is 0 Å². The number of aromatic amines is 1. The Morgan fingerprint density at radius 2 is 1.85 bits per heavy atom. The van der Waals surface area contributed by atoms with Crippen LogP contribution in [0.25, 0.3) is 28.1 Å². The van der Waals surface area contributed by atoms with Gasteiger partial charge in [-0.1, -0.05) is 23.2 Å². The quantitative estimate of drug-likeness (QED) is 0.525. The number of primary sulfonamides is 1. The zero-order valence-electron chi connectivity index (χ0n) is 12.8. The Hall–Kier alpha value is -2.46. The van der Waals surface area contributed by atoms with Gasteiger partial charge in [0, 0.05) is 10.6 Å². The molecule has 0 saturated carbocycles. The third-order valence-electron chi connectivity index (χ3n) is 3.83. The molecule has 0 aliphatic carbocycles. The van der Waals surface area contributed by atoms with Crippen molar-refractivity contribution in [3.63, 3.8) is 0 Å². The number of rotatable bonds is 2. The lowest BCUT2D eigenvalue weighted by atomic mass is 10.2. The predicted octanol–water partition coefficient (Wildman–Crippen LogP) is 2.19. The average Bonchev–Trinajstić information content (AvgIpc) is 2.99. The van der Waals surface area contributed by atoms with Crippen molar-refractivity contribution < 1.29 is 8.42 Å². The van der Waals surface area contributed by atoms with Crippen LogP contribution in [0.3, 0.4) is 0 Å². The summed E-state index contributed by atoms with van der Waals surface area (Å²) in [6.07, 6.45) is 0. The van der Waals surface area contributed by atoms with Gasteiger partial charge in [-0.25, -0.2) is 13.6 Å². The summed E-state index contributed by atoms with van der Waals surface area (Å²) in [4.78, 5) is 14.8. The van der Waals surface area contributed by atoms with E-state index in [9.17, 15) is 13.2 Å². The minimum absolute atomic E-state index is 0.00918. The molecule has 4 aromatic rings. The lowest BCUT2D eigenvalue weighted by molar-refractivity contribution is 0.598. The van der Waals surface area contributed by atoms with Crippen LogP contribution < -0.4 is 10.7 Å². The van der Waals surface area contributed by atoms with E-state index in [2.05, 4.69) is 15.2 Å². The summed E-state index contributed by atoms with van der Waals surface area (Å²) in [5.41, 5.74) is 0.740. The highest BCUT2D eigenvalue weighted by Gasteiger charge is 2.18. The number of hydrogen-bond acceptors (Lipinski definition) is 5. The lowest BCUT2D eigenvalue weighted by Crippen LogP contribution is -2.14. The number of fused-ring (bicyclic) bond motifs is 3. The monoisotopic (exact) mass is 409 g/mol. The normalized spacial score (nSPS) is 12.1. The van der Waals surface area contributed by atoms with E-state index >= 15 is 0 Å². The van der Waals surface area contributed by atoms with Crippen LogP contribution in [-0.2, 0) is 10.0 Å². The van der Waals surface area contributed by atoms with Crippen LogP contribution in [0.1, 0.15) is 0 Å². The molecule has 2 aromatic heterocycles. The Bertz CT molecular complexity index is 1360. The smallest absolute Gasteiger partial charge is 0.294 e. The van der Waals surface area contributed by atoms with Crippen LogP contribution in [0, 0.1) is 0 Å². The second-order valence-corrected chi connectivity index (χ2v) is 7.89. The topological polar surface area (TPSA) is 123 Å². The van der Waals surface area contributed by atoms with Crippen LogP contribution >= 0.6 is 23.2 Å².